The number of methoxy groups -OCH3 is 1. The summed E-state index contributed by atoms with van der Waals surface area (Å²) < 4.78 is 4.14. The number of carbonyl (C=O) groups is 2. The van der Waals surface area contributed by atoms with Crippen molar-refractivity contribution in [2.24, 2.45) is 0 Å². The Hall–Kier alpha value is -0.801. The van der Waals surface area contributed by atoms with E-state index in [2.05, 4.69) is 18.2 Å². The number of unbranched alkanes of at least 4 members (excludes halogenated alkanes) is 2. The number of hydrogen-bond acceptors (Lipinski definition) is 3. The van der Waals surface area contributed by atoms with Crippen molar-refractivity contribution in [2.75, 3.05) is 7.11 Å². The number of esters is 1. The number of aliphatic carboxylic acids is 1. The molecular weight excluding hydrogens is 248 g/mol. The number of rotatable bonds is 5. The van der Waals surface area contributed by atoms with Gasteiger partial charge in [0.25, 0.3) is 0 Å². The van der Waals surface area contributed by atoms with E-state index in [4.69, 9.17) is 5.11 Å². The van der Waals surface area contributed by atoms with Crippen LogP contribution in [0.15, 0.2) is 12.7 Å². The topological polar surface area (TPSA) is 63.6 Å². The molecule has 1 radical (unpaired) electrons. The molecule has 0 aromatic heterocycles. The Morgan fingerprint density at radius 2 is 1.93 bits per heavy atom. The van der Waals surface area contributed by atoms with Gasteiger partial charge >= 0.3 is 11.9 Å². The zero-order valence-corrected chi connectivity index (χ0v) is 10.0. The first-order chi connectivity index (χ1) is 6.58. The van der Waals surface area contributed by atoms with E-state index in [0.717, 1.165) is 25.3 Å². The molecule has 0 aromatic rings. The average molecular weight is 266 g/mol. The summed E-state index contributed by atoms with van der Waals surface area (Å²) in [5, 5.41) is 8.14. The van der Waals surface area contributed by atoms with E-state index in [0.29, 0.717) is 6.42 Å². The van der Waals surface area contributed by atoms with Crippen LogP contribution in [-0.4, -0.2) is 24.2 Å². The van der Waals surface area contributed by atoms with E-state index >= 15 is 0 Å². The van der Waals surface area contributed by atoms with Crippen LogP contribution in [0.3, 0.4) is 0 Å². The van der Waals surface area contributed by atoms with Gasteiger partial charge in [-0.05, 0) is 6.42 Å². The van der Waals surface area contributed by atoms with E-state index in [1.54, 1.807) is 0 Å². The third kappa shape index (κ3) is 24.6. The van der Waals surface area contributed by atoms with Gasteiger partial charge in [0, 0.05) is 29.6 Å². The predicted molar refractivity (Wildman–Crippen MR) is 54.0 cm³/mol. The molecule has 0 amide bonds. The molecular formula is C10H18CuO4. The van der Waals surface area contributed by atoms with Crippen LogP contribution in [-0.2, 0) is 31.4 Å². The summed E-state index contributed by atoms with van der Waals surface area (Å²) in [6, 6.07) is 0. The zero-order valence-electron chi connectivity index (χ0n) is 9.09. The molecule has 0 saturated heterocycles. The van der Waals surface area contributed by atoms with Gasteiger partial charge in [0.1, 0.15) is 0 Å². The monoisotopic (exact) mass is 265 g/mol. The summed E-state index contributed by atoms with van der Waals surface area (Å²) in [6.45, 7) is 5.21. The van der Waals surface area contributed by atoms with Gasteiger partial charge in [-0.15, -0.1) is 0 Å². The molecule has 4 nitrogen and oxygen atoms in total. The standard InChI is InChI=1S/C6H12O2.C4H6O2.Cu/c1-2-3-4-5-6(7)8;1-3-4(5)6-2;/h2-5H2,1H3,(H,7,8);3H,1H2,2H3;. The molecule has 0 aliphatic rings. The molecule has 0 fully saturated rings. The first-order valence-corrected chi connectivity index (χ1v) is 4.50. The Balaban J connectivity index is -0.000000187. The fourth-order valence-corrected chi connectivity index (χ4v) is 0.610. The van der Waals surface area contributed by atoms with Gasteiger partial charge in [0.05, 0.1) is 7.11 Å². The number of ether oxygens (including phenoxy) is 1. The smallest absolute Gasteiger partial charge is 0.329 e. The van der Waals surface area contributed by atoms with Crippen molar-refractivity contribution in [3.63, 3.8) is 0 Å². The molecule has 0 heterocycles. The van der Waals surface area contributed by atoms with Crippen LogP contribution < -0.4 is 0 Å². The molecule has 15 heavy (non-hydrogen) atoms. The number of hydrogen-bond donors (Lipinski definition) is 1. The maximum atomic E-state index is 9.87. The Bertz CT molecular complexity index is 180. The Morgan fingerprint density at radius 3 is 2.13 bits per heavy atom. The Morgan fingerprint density at radius 1 is 1.40 bits per heavy atom. The van der Waals surface area contributed by atoms with Gasteiger partial charge in [-0.1, -0.05) is 26.3 Å². The minimum atomic E-state index is -0.682. The average Bonchev–Trinajstić information content (AvgIpc) is 2.17. The largest absolute Gasteiger partial charge is 0.481 e. The van der Waals surface area contributed by atoms with E-state index in [1.807, 2.05) is 0 Å². The first-order valence-electron chi connectivity index (χ1n) is 4.50. The third-order valence-corrected chi connectivity index (χ3v) is 1.36. The summed E-state index contributed by atoms with van der Waals surface area (Å²) >= 11 is 0. The SMILES string of the molecule is C=CC(=O)OC.CCCCCC(=O)O.[Cu]. The van der Waals surface area contributed by atoms with E-state index < -0.39 is 11.9 Å². The second-order valence-corrected chi connectivity index (χ2v) is 2.58. The second kappa shape index (κ2) is 15.7. The predicted octanol–water partition coefficient (Wildman–Crippen LogP) is 1.99. The molecule has 0 saturated carbocycles. The van der Waals surface area contributed by atoms with Gasteiger partial charge in [-0.25, -0.2) is 4.79 Å². The third-order valence-electron chi connectivity index (χ3n) is 1.36. The van der Waals surface area contributed by atoms with Gasteiger partial charge in [-0.3, -0.25) is 4.79 Å². The quantitative estimate of drug-likeness (QED) is 0.357. The Labute approximate surface area is 101 Å². The van der Waals surface area contributed by atoms with Crippen molar-refractivity contribution in [3.8, 4) is 0 Å². The van der Waals surface area contributed by atoms with Gasteiger partial charge in [0.15, 0.2) is 0 Å². The van der Waals surface area contributed by atoms with Crippen LogP contribution >= 0.6 is 0 Å². The minimum Gasteiger partial charge on any atom is -0.481 e. The molecule has 0 unspecified atom stereocenters. The molecule has 0 bridgehead atoms. The zero-order chi connectivity index (χ0) is 11.4. The van der Waals surface area contributed by atoms with Crippen molar-refractivity contribution in [2.45, 2.75) is 32.6 Å². The molecule has 5 heteroatoms. The number of carboxylic acid groups (broad SMARTS) is 1. The van der Waals surface area contributed by atoms with Crippen LogP contribution in [0.1, 0.15) is 32.6 Å². The summed E-state index contributed by atoms with van der Waals surface area (Å²) in [6.07, 6.45) is 4.39. The number of carboxylic acids is 1. The van der Waals surface area contributed by atoms with Crippen LogP contribution in [0.2, 0.25) is 0 Å². The van der Waals surface area contributed by atoms with Gasteiger partial charge in [-0.2, -0.15) is 0 Å². The molecule has 0 aliphatic heterocycles. The fourth-order valence-electron chi connectivity index (χ4n) is 0.610. The van der Waals surface area contributed by atoms with Gasteiger partial charge < -0.3 is 9.84 Å². The molecule has 0 atom stereocenters. The van der Waals surface area contributed by atoms with E-state index in [9.17, 15) is 9.59 Å². The Kier molecular flexibility index (Phi) is 20.6. The van der Waals surface area contributed by atoms with Crippen molar-refractivity contribution in [3.05, 3.63) is 12.7 Å². The molecule has 0 spiro atoms. The van der Waals surface area contributed by atoms with E-state index in [-0.39, 0.29) is 17.1 Å². The summed E-state index contributed by atoms with van der Waals surface area (Å²) in [7, 11) is 1.31. The summed E-state index contributed by atoms with van der Waals surface area (Å²) in [5.74, 6) is -1.08. The summed E-state index contributed by atoms with van der Waals surface area (Å²) in [5.41, 5.74) is 0. The normalized spacial score (nSPS) is 7.60. The maximum absolute atomic E-state index is 9.87. The molecule has 0 rings (SSSR count). The van der Waals surface area contributed by atoms with Crippen molar-refractivity contribution < 1.29 is 36.5 Å². The number of carbonyl (C=O) groups excluding carboxylic acids is 1. The van der Waals surface area contributed by atoms with Crippen molar-refractivity contribution in [1.29, 1.82) is 0 Å². The van der Waals surface area contributed by atoms with Crippen LogP contribution in [0.5, 0.6) is 0 Å². The first kappa shape index (κ1) is 19.7. The fraction of sp³-hybridized carbons (Fsp3) is 0.600. The molecule has 0 aromatic carbocycles. The van der Waals surface area contributed by atoms with Gasteiger partial charge in [0.2, 0.25) is 0 Å². The van der Waals surface area contributed by atoms with E-state index in [1.165, 1.54) is 7.11 Å². The van der Waals surface area contributed by atoms with Crippen molar-refractivity contribution >= 4 is 11.9 Å². The van der Waals surface area contributed by atoms with Crippen LogP contribution in [0, 0.1) is 0 Å². The molecule has 1 N–H and O–H groups in total. The second-order valence-electron chi connectivity index (χ2n) is 2.58. The molecule has 0 aliphatic carbocycles. The molecule has 93 valence electrons. The maximum Gasteiger partial charge on any atom is 0.329 e. The van der Waals surface area contributed by atoms with Crippen LogP contribution in [0.25, 0.3) is 0 Å². The summed E-state index contributed by atoms with van der Waals surface area (Å²) in [4.78, 5) is 19.7. The minimum absolute atomic E-state index is 0. The van der Waals surface area contributed by atoms with Crippen molar-refractivity contribution in [1.82, 2.24) is 0 Å². The van der Waals surface area contributed by atoms with Crippen LogP contribution in [0.4, 0.5) is 0 Å².